The summed E-state index contributed by atoms with van der Waals surface area (Å²) in [6.45, 7) is 6.22. The average Bonchev–Trinajstić information content (AvgIpc) is 3.31. The normalized spacial score (nSPS) is 14.2. The zero-order valence-corrected chi connectivity index (χ0v) is 42.5. The van der Waals surface area contributed by atoms with Gasteiger partial charge in [0.1, 0.15) is 6.10 Å². The minimum absolute atomic E-state index is 0.0101. The van der Waals surface area contributed by atoms with Gasteiger partial charge in [0.25, 0.3) is 0 Å². The number of carbonyl (C=O) groups excluding carboxylic acids is 2. The van der Waals surface area contributed by atoms with Crippen molar-refractivity contribution < 1.29 is 24.5 Å². The Hall–Kier alpha value is -3.74. The number of nitrogens with one attached hydrogen (secondary N) is 1. The van der Waals surface area contributed by atoms with Crippen molar-refractivity contribution in [3.05, 3.63) is 122 Å². The lowest BCUT2D eigenvalue weighted by atomic mass is 10.0. The van der Waals surface area contributed by atoms with E-state index in [0.29, 0.717) is 19.3 Å². The molecule has 0 aliphatic carbocycles. The molecule has 0 fully saturated rings. The van der Waals surface area contributed by atoms with E-state index in [1.165, 1.54) is 89.9 Å². The molecule has 374 valence electrons. The maximum absolute atomic E-state index is 13.2. The van der Waals surface area contributed by atoms with E-state index in [4.69, 9.17) is 4.74 Å². The van der Waals surface area contributed by atoms with Crippen LogP contribution in [0.4, 0.5) is 0 Å². The van der Waals surface area contributed by atoms with Gasteiger partial charge in [0.2, 0.25) is 5.91 Å². The molecule has 1 amide bonds. The van der Waals surface area contributed by atoms with E-state index < -0.39 is 18.2 Å². The Morgan fingerprint density at radius 2 is 0.864 bits per heavy atom. The minimum Gasteiger partial charge on any atom is -0.462 e. The molecule has 0 aliphatic heterocycles. The highest BCUT2D eigenvalue weighted by Gasteiger charge is 2.24. The van der Waals surface area contributed by atoms with Gasteiger partial charge < -0.3 is 20.3 Å². The third-order valence-corrected chi connectivity index (χ3v) is 11.5. The first kappa shape index (κ1) is 62.3. The maximum atomic E-state index is 13.2. The highest BCUT2D eigenvalue weighted by Crippen LogP contribution is 2.17. The first-order valence-corrected chi connectivity index (χ1v) is 26.9. The maximum Gasteiger partial charge on any atom is 0.306 e. The average molecular weight is 914 g/mol. The zero-order chi connectivity index (χ0) is 48.1. The summed E-state index contributed by atoms with van der Waals surface area (Å²) < 4.78 is 5.89. The molecule has 0 radical (unpaired) electrons. The topological polar surface area (TPSA) is 95.9 Å². The number of aliphatic hydroxyl groups excluding tert-OH is 2. The number of aliphatic hydroxyl groups is 2. The molecule has 6 nitrogen and oxygen atoms in total. The summed E-state index contributed by atoms with van der Waals surface area (Å²) in [5.74, 6) is -0.585. The van der Waals surface area contributed by atoms with Crippen molar-refractivity contribution in [3.8, 4) is 0 Å². The van der Waals surface area contributed by atoms with Gasteiger partial charge in [0, 0.05) is 6.42 Å². The Kier molecular flexibility index (Phi) is 49.3. The van der Waals surface area contributed by atoms with E-state index >= 15 is 0 Å². The van der Waals surface area contributed by atoms with Gasteiger partial charge in [0.05, 0.1) is 25.2 Å². The molecule has 0 aromatic carbocycles. The summed E-state index contributed by atoms with van der Waals surface area (Å²) in [6.07, 6.45) is 72.6. The Morgan fingerprint density at radius 3 is 1.33 bits per heavy atom. The smallest absolute Gasteiger partial charge is 0.306 e. The van der Waals surface area contributed by atoms with Gasteiger partial charge in [-0.1, -0.05) is 271 Å². The van der Waals surface area contributed by atoms with Crippen LogP contribution in [0, 0.1) is 0 Å². The fraction of sp³-hybridized carbons (Fsp3) is 0.633. The molecule has 3 atom stereocenters. The summed E-state index contributed by atoms with van der Waals surface area (Å²) in [4.78, 5) is 26.2. The minimum atomic E-state index is -0.820. The van der Waals surface area contributed by atoms with Crippen LogP contribution in [0.25, 0.3) is 0 Å². The summed E-state index contributed by atoms with van der Waals surface area (Å²) in [7, 11) is 0. The number of allylic oxidation sites excluding steroid dienone is 20. The Morgan fingerprint density at radius 1 is 0.455 bits per heavy atom. The van der Waals surface area contributed by atoms with Gasteiger partial charge in [0.15, 0.2) is 0 Å². The molecular weight excluding hydrogens is 815 g/mol. The number of hydrogen-bond acceptors (Lipinski definition) is 5. The van der Waals surface area contributed by atoms with Crippen LogP contribution in [0.15, 0.2) is 122 Å². The zero-order valence-electron chi connectivity index (χ0n) is 42.5. The van der Waals surface area contributed by atoms with E-state index in [-0.39, 0.29) is 24.9 Å². The molecule has 3 N–H and O–H groups in total. The lowest BCUT2D eigenvalue weighted by molar-refractivity contribution is -0.151. The summed E-state index contributed by atoms with van der Waals surface area (Å²) in [5, 5.41) is 23.8. The molecule has 0 heterocycles. The number of hydrogen-bond donors (Lipinski definition) is 3. The molecule has 66 heavy (non-hydrogen) atoms. The predicted molar refractivity (Wildman–Crippen MR) is 286 cm³/mol. The molecule has 0 saturated heterocycles. The lowest BCUT2D eigenvalue weighted by Crippen LogP contribution is -2.46. The monoisotopic (exact) mass is 914 g/mol. The van der Waals surface area contributed by atoms with Crippen LogP contribution in [-0.4, -0.2) is 46.9 Å². The van der Waals surface area contributed by atoms with E-state index in [2.05, 4.69) is 74.7 Å². The third-order valence-electron chi connectivity index (χ3n) is 11.5. The third kappa shape index (κ3) is 46.8. The van der Waals surface area contributed by atoms with Crippen molar-refractivity contribution in [2.75, 3.05) is 6.61 Å². The molecule has 3 unspecified atom stereocenters. The second kappa shape index (κ2) is 52.2. The number of carbonyl (C=O) groups is 2. The summed E-state index contributed by atoms with van der Waals surface area (Å²) >= 11 is 0. The number of ether oxygens (including phenoxy) is 1. The lowest BCUT2D eigenvalue weighted by Gasteiger charge is -2.24. The fourth-order valence-electron chi connectivity index (χ4n) is 7.49. The molecule has 0 bridgehead atoms. The van der Waals surface area contributed by atoms with Crippen LogP contribution in [0.2, 0.25) is 0 Å². The molecule has 0 rings (SSSR count). The van der Waals surface area contributed by atoms with Crippen molar-refractivity contribution in [1.82, 2.24) is 5.32 Å². The molecule has 6 heteroatoms. The van der Waals surface area contributed by atoms with Gasteiger partial charge in [-0.3, -0.25) is 9.59 Å². The standard InChI is InChI=1S/C60H99NO5/c1-4-7-10-13-16-19-22-25-27-29-30-32-35-38-41-44-47-50-53-60(65)66-56(51-48-45-42-39-36-33-24-21-18-15-12-9-6-3)54-59(64)61-57(55-62)58(63)52-49-46-43-40-37-34-31-28-26-23-20-17-14-11-8-5-2/h9-10,12-13,15-16,18-19,21-22,24-25,27,29-30,32-33,36,39,42,56-58,62-63H,4-8,11,14,17,20,23,26,28,31,34-35,37-38,40-41,43-55H2,1-3H3,(H,61,64)/b12-9+,13-10+,18-15+,19-16+,24-21-,25-22+,29-27+,32-30+,36-33-,42-39+. The summed E-state index contributed by atoms with van der Waals surface area (Å²) in [6, 6.07) is -0.739. The number of esters is 1. The van der Waals surface area contributed by atoms with Crippen molar-refractivity contribution >= 4 is 11.9 Å². The van der Waals surface area contributed by atoms with Crippen LogP contribution >= 0.6 is 0 Å². The van der Waals surface area contributed by atoms with E-state index in [9.17, 15) is 19.8 Å². The van der Waals surface area contributed by atoms with Crippen LogP contribution in [0.5, 0.6) is 0 Å². The Bertz CT molecular complexity index is 1390. The molecular formula is C60H99NO5. The van der Waals surface area contributed by atoms with Gasteiger partial charge in [-0.2, -0.15) is 0 Å². The second-order valence-electron chi connectivity index (χ2n) is 17.8. The van der Waals surface area contributed by atoms with Crippen LogP contribution in [-0.2, 0) is 14.3 Å². The molecule has 0 aromatic rings. The fourth-order valence-corrected chi connectivity index (χ4v) is 7.49. The van der Waals surface area contributed by atoms with E-state index in [1.54, 1.807) is 0 Å². The van der Waals surface area contributed by atoms with Gasteiger partial charge in [-0.05, 0) is 57.8 Å². The second-order valence-corrected chi connectivity index (χ2v) is 17.8. The first-order valence-electron chi connectivity index (χ1n) is 26.9. The van der Waals surface area contributed by atoms with Crippen LogP contribution in [0.1, 0.15) is 220 Å². The number of unbranched alkanes of at least 4 members (excludes halogenated alkanes) is 22. The SMILES string of the molecule is CC/C=C/C=C/C=C\C=C/C=C/CCCC(CC(=O)NC(CO)C(O)CCCCCCCCCCCCCCCCCC)OC(=O)CCCCCCC/C=C/C=C/C=C/C=C/C=C/CCC. The van der Waals surface area contributed by atoms with Crippen LogP contribution < -0.4 is 5.32 Å². The van der Waals surface area contributed by atoms with Crippen LogP contribution in [0.3, 0.4) is 0 Å². The molecule has 0 aliphatic rings. The first-order chi connectivity index (χ1) is 32.5. The van der Waals surface area contributed by atoms with Crippen molar-refractivity contribution in [3.63, 3.8) is 0 Å². The molecule has 0 saturated carbocycles. The van der Waals surface area contributed by atoms with Gasteiger partial charge in [-0.15, -0.1) is 0 Å². The highest BCUT2D eigenvalue weighted by atomic mass is 16.5. The number of rotatable bonds is 46. The van der Waals surface area contributed by atoms with E-state index in [1.807, 2.05) is 72.9 Å². The van der Waals surface area contributed by atoms with E-state index in [0.717, 1.165) is 83.5 Å². The predicted octanol–water partition coefficient (Wildman–Crippen LogP) is 16.5. The highest BCUT2D eigenvalue weighted by molar-refractivity contribution is 5.77. The largest absolute Gasteiger partial charge is 0.462 e. The quantitative estimate of drug-likeness (QED) is 0.0321. The molecule has 0 aromatic heterocycles. The van der Waals surface area contributed by atoms with Crippen molar-refractivity contribution in [2.24, 2.45) is 0 Å². The van der Waals surface area contributed by atoms with Crippen molar-refractivity contribution in [2.45, 2.75) is 238 Å². The van der Waals surface area contributed by atoms with Crippen molar-refractivity contribution in [1.29, 1.82) is 0 Å². The molecule has 0 spiro atoms. The number of amides is 1. The van der Waals surface area contributed by atoms with Gasteiger partial charge >= 0.3 is 5.97 Å². The summed E-state index contributed by atoms with van der Waals surface area (Å²) in [5.41, 5.74) is 0. The van der Waals surface area contributed by atoms with Gasteiger partial charge in [-0.25, -0.2) is 0 Å². The Labute approximate surface area is 406 Å². The Balaban J connectivity index is 4.70.